The molecule has 0 bridgehead atoms. The van der Waals surface area contributed by atoms with Crippen LogP contribution in [0.1, 0.15) is 12.0 Å². The van der Waals surface area contributed by atoms with Crippen LogP contribution in [0.3, 0.4) is 0 Å². The molecule has 2 aromatic rings. The Hall–Kier alpha value is -1.29. The lowest BCUT2D eigenvalue weighted by Gasteiger charge is -2.16. The molecule has 1 N–H and O–H groups in total. The molecule has 1 amide bonds. The third-order valence-corrected chi connectivity index (χ3v) is 4.76. The van der Waals surface area contributed by atoms with E-state index in [1.807, 2.05) is 11.1 Å². The number of hydrogen-bond acceptors (Lipinski definition) is 1. The molecule has 19 heavy (non-hydrogen) atoms. The first-order valence-electron chi connectivity index (χ1n) is 6.66. The molecule has 0 radical (unpaired) electrons. The summed E-state index contributed by atoms with van der Waals surface area (Å²) in [7, 11) is 0. The highest BCUT2D eigenvalue weighted by Gasteiger charge is 2.28. The molecule has 1 aromatic heterocycles. The zero-order valence-electron chi connectivity index (χ0n) is 10.7. The first-order valence-corrected chi connectivity index (χ1v) is 7.79. The molecule has 0 spiro atoms. The molecular formula is C15H17BrN2O. The number of rotatable bonds is 4. The number of carbonyl (C=O) groups is 1. The van der Waals surface area contributed by atoms with E-state index in [0.29, 0.717) is 18.2 Å². The summed E-state index contributed by atoms with van der Waals surface area (Å²) in [6.07, 6.45) is 3.59. The van der Waals surface area contributed by atoms with E-state index >= 15 is 0 Å². The normalized spacial score (nSPS) is 19.5. The van der Waals surface area contributed by atoms with Crippen molar-refractivity contribution in [3.05, 3.63) is 36.0 Å². The standard InChI is InChI=1S/C15H17BrN2O/c16-9-11-8-15(19)18(10-11)7-5-12-2-1-3-14-13(12)4-6-17-14/h1-4,6,11,17H,5,7-10H2. The number of amides is 1. The van der Waals surface area contributed by atoms with E-state index in [4.69, 9.17) is 0 Å². The van der Waals surface area contributed by atoms with Gasteiger partial charge in [-0.3, -0.25) is 4.79 Å². The van der Waals surface area contributed by atoms with Gasteiger partial charge < -0.3 is 9.88 Å². The summed E-state index contributed by atoms with van der Waals surface area (Å²) in [5.74, 6) is 0.779. The molecule has 2 heterocycles. The lowest BCUT2D eigenvalue weighted by Crippen LogP contribution is -2.27. The van der Waals surface area contributed by atoms with Gasteiger partial charge in [0.25, 0.3) is 0 Å². The number of benzene rings is 1. The number of carbonyl (C=O) groups excluding carboxylic acids is 1. The van der Waals surface area contributed by atoms with E-state index in [0.717, 1.165) is 24.8 Å². The SMILES string of the molecule is O=C1CC(CBr)CN1CCc1cccc2[nH]ccc12. The fourth-order valence-electron chi connectivity index (χ4n) is 2.80. The van der Waals surface area contributed by atoms with Gasteiger partial charge in [-0.25, -0.2) is 0 Å². The van der Waals surface area contributed by atoms with Crippen LogP contribution in [0, 0.1) is 5.92 Å². The van der Waals surface area contributed by atoms with Gasteiger partial charge in [0.05, 0.1) is 0 Å². The number of aromatic nitrogens is 1. The van der Waals surface area contributed by atoms with E-state index in [1.165, 1.54) is 16.5 Å². The fraction of sp³-hybridized carbons (Fsp3) is 0.400. The summed E-state index contributed by atoms with van der Waals surface area (Å²) in [6.45, 7) is 1.72. The van der Waals surface area contributed by atoms with Crippen molar-refractivity contribution in [1.29, 1.82) is 0 Å². The molecule has 0 aliphatic carbocycles. The monoisotopic (exact) mass is 320 g/mol. The van der Waals surface area contributed by atoms with Crippen molar-refractivity contribution in [2.75, 3.05) is 18.4 Å². The first-order chi connectivity index (χ1) is 9.28. The Bertz CT molecular complexity index is 593. The maximum Gasteiger partial charge on any atom is 0.222 e. The third kappa shape index (κ3) is 2.54. The molecule has 0 saturated carbocycles. The van der Waals surface area contributed by atoms with Crippen molar-refractivity contribution in [2.24, 2.45) is 5.92 Å². The molecule has 1 atom stereocenters. The van der Waals surface area contributed by atoms with Gasteiger partial charge in [-0.15, -0.1) is 0 Å². The molecule has 3 nitrogen and oxygen atoms in total. The van der Waals surface area contributed by atoms with Crippen LogP contribution >= 0.6 is 15.9 Å². The van der Waals surface area contributed by atoms with Gasteiger partial charge in [-0.2, -0.15) is 0 Å². The average molecular weight is 321 g/mol. The smallest absolute Gasteiger partial charge is 0.222 e. The predicted molar refractivity (Wildman–Crippen MR) is 80.5 cm³/mol. The second-order valence-corrected chi connectivity index (χ2v) is 5.82. The molecule has 4 heteroatoms. The van der Waals surface area contributed by atoms with E-state index in [-0.39, 0.29) is 0 Å². The number of likely N-dealkylation sites (tertiary alicyclic amines) is 1. The van der Waals surface area contributed by atoms with Crippen molar-refractivity contribution >= 4 is 32.7 Å². The van der Waals surface area contributed by atoms with Crippen molar-refractivity contribution in [2.45, 2.75) is 12.8 Å². The highest BCUT2D eigenvalue weighted by Crippen LogP contribution is 2.22. The molecule has 100 valence electrons. The van der Waals surface area contributed by atoms with Crippen LogP contribution in [-0.4, -0.2) is 34.2 Å². The van der Waals surface area contributed by atoms with Crippen LogP contribution in [0.25, 0.3) is 10.9 Å². The maximum absolute atomic E-state index is 11.9. The first kappa shape index (κ1) is 12.7. The number of nitrogens with one attached hydrogen (secondary N) is 1. The summed E-state index contributed by atoms with van der Waals surface area (Å²) in [4.78, 5) is 17.1. The third-order valence-electron chi connectivity index (χ3n) is 3.85. The minimum absolute atomic E-state index is 0.297. The number of nitrogens with zero attached hydrogens (tertiary/aromatic N) is 1. The molecule has 3 rings (SSSR count). The van der Waals surface area contributed by atoms with Crippen LogP contribution in [0.4, 0.5) is 0 Å². The molecule has 1 aliphatic heterocycles. The van der Waals surface area contributed by atoms with Crippen LogP contribution in [0.15, 0.2) is 30.5 Å². The van der Waals surface area contributed by atoms with Gasteiger partial charge in [-0.1, -0.05) is 28.1 Å². The summed E-state index contributed by atoms with van der Waals surface area (Å²) in [5, 5.41) is 2.19. The lowest BCUT2D eigenvalue weighted by atomic mass is 10.1. The van der Waals surface area contributed by atoms with Crippen LogP contribution < -0.4 is 0 Å². The molecule has 1 aliphatic rings. The van der Waals surface area contributed by atoms with Gasteiger partial charge in [0.2, 0.25) is 5.91 Å². The van der Waals surface area contributed by atoms with Gasteiger partial charge >= 0.3 is 0 Å². The average Bonchev–Trinajstić information content (AvgIpc) is 3.02. The summed E-state index contributed by atoms with van der Waals surface area (Å²) in [5.41, 5.74) is 2.48. The number of halogens is 1. The highest BCUT2D eigenvalue weighted by molar-refractivity contribution is 9.09. The Labute approximate surface area is 121 Å². The van der Waals surface area contributed by atoms with E-state index in [2.05, 4.69) is 45.2 Å². The number of H-pyrrole nitrogens is 1. The largest absolute Gasteiger partial charge is 0.361 e. The minimum Gasteiger partial charge on any atom is -0.361 e. The molecule has 1 unspecified atom stereocenters. The zero-order chi connectivity index (χ0) is 13.2. The topological polar surface area (TPSA) is 36.1 Å². The number of alkyl halides is 1. The fourth-order valence-corrected chi connectivity index (χ4v) is 3.23. The Balaban J connectivity index is 1.69. The van der Waals surface area contributed by atoms with Gasteiger partial charge in [0, 0.05) is 41.9 Å². The van der Waals surface area contributed by atoms with Crippen LogP contribution in [-0.2, 0) is 11.2 Å². The number of aromatic amines is 1. The quantitative estimate of drug-likeness (QED) is 0.864. The second kappa shape index (κ2) is 5.37. The van der Waals surface area contributed by atoms with E-state index < -0.39 is 0 Å². The Morgan fingerprint density at radius 3 is 3.05 bits per heavy atom. The summed E-state index contributed by atoms with van der Waals surface area (Å²) < 4.78 is 0. The Morgan fingerprint density at radius 2 is 2.26 bits per heavy atom. The molecular weight excluding hydrogens is 304 g/mol. The van der Waals surface area contributed by atoms with E-state index in [9.17, 15) is 4.79 Å². The molecule has 1 aromatic carbocycles. The van der Waals surface area contributed by atoms with Crippen molar-refractivity contribution in [3.63, 3.8) is 0 Å². The minimum atomic E-state index is 0.297. The highest BCUT2D eigenvalue weighted by atomic mass is 79.9. The predicted octanol–water partition coefficient (Wildman–Crippen LogP) is 2.95. The van der Waals surface area contributed by atoms with Gasteiger partial charge in [0.15, 0.2) is 0 Å². The molecule has 1 saturated heterocycles. The van der Waals surface area contributed by atoms with Gasteiger partial charge in [-0.05, 0) is 30.0 Å². The van der Waals surface area contributed by atoms with Crippen molar-refractivity contribution < 1.29 is 4.79 Å². The second-order valence-electron chi connectivity index (χ2n) is 5.17. The summed E-state index contributed by atoms with van der Waals surface area (Å²) >= 11 is 3.47. The Morgan fingerprint density at radius 1 is 1.37 bits per heavy atom. The number of hydrogen-bond donors (Lipinski definition) is 1. The van der Waals surface area contributed by atoms with Crippen molar-refractivity contribution in [3.8, 4) is 0 Å². The van der Waals surface area contributed by atoms with E-state index in [1.54, 1.807) is 0 Å². The maximum atomic E-state index is 11.9. The van der Waals surface area contributed by atoms with Crippen molar-refractivity contribution in [1.82, 2.24) is 9.88 Å². The van der Waals surface area contributed by atoms with Crippen LogP contribution in [0.2, 0.25) is 0 Å². The van der Waals surface area contributed by atoms with Crippen LogP contribution in [0.5, 0.6) is 0 Å². The molecule has 1 fully saturated rings. The lowest BCUT2D eigenvalue weighted by molar-refractivity contribution is -0.127. The zero-order valence-corrected chi connectivity index (χ0v) is 12.3. The number of fused-ring (bicyclic) bond motifs is 1. The van der Waals surface area contributed by atoms with Gasteiger partial charge in [0.1, 0.15) is 0 Å². The Kier molecular flexibility index (Phi) is 3.60. The summed E-state index contributed by atoms with van der Waals surface area (Å²) in [6, 6.07) is 8.42.